The number of carbonyl (C=O) groups excluding carboxylic acids is 1. The Bertz CT molecular complexity index is 617. The number of nitrogens with zero attached hydrogens (tertiary/aromatic N) is 3. The molecule has 7 heteroatoms. The zero-order valence-corrected chi connectivity index (χ0v) is 16.8. The molecule has 3 fully saturated rings. The minimum atomic E-state index is 0.194. The number of aromatic nitrogens is 2. The first-order valence-corrected chi connectivity index (χ1v) is 11.0. The van der Waals surface area contributed by atoms with E-state index in [1.807, 2.05) is 4.90 Å². The summed E-state index contributed by atoms with van der Waals surface area (Å²) in [4.78, 5) is 18.9. The van der Waals surface area contributed by atoms with Crippen molar-refractivity contribution in [2.24, 2.45) is 11.8 Å². The molecule has 1 aromatic rings. The van der Waals surface area contributed by atoms with Crippen molar-refractivity contribution < 1.29 is 18.8 Å². The second-order valence-electron chi connectivity index (χ2n) is 8.63. The average Bonchev–Trinajstić information content (AvgIpc) is 3.14. The Balaban J connectivity index is 1.13. The number of carbonyl (C=O) groups is 1. The zero-order chi connectivity index (χ0) is 19.2. The van der Waals surface area contributed by atoms with Crippen LogP contribution in [0.2, 0.25) is 0 Å². The Morgan fingerprint density at radius 2 is 1.86 bits per heavy atom. The van der Waals surface area contributed by atoms with Gasteiger partial charge in [0.2, 0.25) is 11.8 Å². The van der Waals surface area contributed by atoms with Gasteiger partial charge in [0.1, 0.15) is 0 Å². The number of ether oxygens (including phenoxy) is 2. The molecule has 28 heavy (non-hydrogen) atoms. The highest BCUT2D eigenvalue weighted by Crippen LogP contribution is 2.30. The molecule has 0 aromatic carbocycles. The molecule has 1 aliphatic carbocycles. The lowest BCUT2D eigenvalue weighted by Gasteiger charge is -2.38. The molecule has 2 saturated heterocycles. The van der Waals surface area contributed by atoms with Gasteiger partial charge in [-0.3, -0.25) is 4.79 Å². The van der Waals surface area contributed by atoms with Crippen LogP contribution < -0.4 is 0 Å². The van der Waals surface area contributed by atoms with Gasteiger partial charge in [-0.25, -0.2) is 0 Å². The Labute approximate surface area is 167 Å². The van der Waals surface area contributed by atoms with Gasteiger partial charge in [-0.15, -0.1) is 0 Å². The smallest absolute Gasteiger partial charge is 0.233 e. The number of rotatable bonds is 8. The summed E-state index contributed by atoms with van der Waals surface area (Å²) in [6, 6.07) is 0. The molecule has 0 N–H and O–H groups in total. The molecule has 0 spiro atoms. The summed E-state index contributed by atoms with van der Waals surface area (Å²) >= 11 is 0. The van der Waals surface area contributed by atoms with Crippen molar-refractivity contribution in [3.8, 4) is 0 Å². The molecule has 0 radical (unpaired) electrons. The summed E-state index contributed by atoms with van der Waals surface area (Å²) in [7, 11) is 0. The van der Waals surface area contributed by atoms with E-state index in [0.29, 0.717) is 62.0 Å². The van der Waals surface area contributed by atoms with Crippen LogP contribution in [0.5, 0.6) is 0 Å². The van der Waals surface area contributed by atoms with Crippen molar-refractivity contribution in [3.05, 3.63) is 11.7 Å². The van der Waals surface area contributed by atoms with E-state index in [0.717, 1.165) is 32.7 Å². The van der Waals surface area contributed by atoms with Crippen LogP contribution in [-0.4, -0.2) is 60.5 Å². The van der Waals surface area contributed by atoms with E-state index in [-0.39, 0.29) is 5.92 Å². The van der Waals surface area contributed by atoms with Crippen molar-refractivity contribution in [2.75, 3.05) is 39.5 Å². The lowest BCUT2D eigenvalue weighted by molar-refractivity contribution is -0.137. The highest BCUT2D eigenvalue weighted by Gasteiger charge is 2.36. The van der Waals surface area contributed by atoms with E-state index >= 15 is 0 Å². The lowest BCUT2D eigenvalue weighted by atomic mass is 9.86. The second kappa shape index (κ2) is 9.83. The van der Waals surface area contributed by atoms with Gasteiger partial charge in [0.15, 0.2) is 5.82 Å². The summed E-state index contributed by atoms with van der Waals surface area (Å²) in [5.41, 5.74) is 0. The quantitative estimate of drug-likeness (QED) is 0.634. The summed E-state index contributed by atoms with van der Waals surface area (Å²) < 4.78 is 16.6. The average molecular weight is 392 g/mol. The molecule has 1 saturated carbocycles. The van der Waals surface area contributed by atoms with Crippen LogP contribution in [-0.2, 0) is 20.7 Å². The summed E-state index contributed by atoms with van der Waals surface area (Å²) in [6.45, 7) is 4.54. The van der Waals surface area contributed by atoms with E-state index in [1.165, 1.54) is 32.1 Å². The summed E-state index contributed by atoms with van der Waals surface area (Å²) in [5, 5.41) is 4.08. The fourth-order valence-electron chi connectivity index (χ4n) is 4.47. The predicted octanol–water partition coefficient (Wildman–Crippen LogP) is 2.95. The molecule has 3 aliphatic rings. The molecule has 156 valence electrons. The van der Waals surface area contributed by atoms with Crippen LogP contribution in [0.1, 0.15) is 69.0 Å². The van der Waals surface area contributed by atoms with E-state index in [9.17, 15) is 4.79 Å². The molecule has 0 unspecified atom stereocenters. The third-order valence-electron chi connectivity index (χ3n) is 6.42. The molecule has 0 bridgehead atoms. The summed E-state index contributed by atoms with van der Waals surface area (Å²) in [6.07, 6.45) is 9.88. The minimum Gasteiger partial charge on any atom is -0.381 e. The molecule has 0 atom stereocenters. The Morgan fingerprint density at radius 1 is 1.07 bits per heavy atom. The highest BCUT2D eigenvalue weighted by molar-refractivity contribution is 5.77. The van der Waals surface area contributed by atoms with Gasteiger partial charge in [-0.1, -0.05) is 24.4 Å². The first kappa shape index (κ1) is 19.8. The Morgan fingerprint density at radius 3 is 2.64 bits per heavy atom. The molecule has 7 nitrogen and oxygen atoms in total. The first-order valence-electron chi connectivity index (χ1n) is 11.0. The fourth-order valence-corrected chi connectivity index (χ4v) is 4.47. The Hall–Kier alpha value is -1.47. The van der Waals surface area contributed by atoms with Gasteiger partial charge in [0, 0.05) is 45.8 Å². The molecule has 2 aliphatic heterocycles. The zero-order valence-electron chi connectivity index (χ0n) is 16.8. The van der Waals surface area contributed by atoms with Gasteiger partial charge in [-0.2, -0.15) is 4.98 Å². The molecule has 1 aromatic heterocycles. The van der Waals surface area contributed by atoms with Crippen LogP contribution >= 0.6 is 0 Å². The molecule has 3 heterocycles. The SMILES string of the molecule is O=C(CC1CCCCC1)N1CC(c2nc(CCOCC3CCOCC3)no2)C1. The monoisotopic (exact) mass is 391 g/mol. The third kappa shape index (κ3) is 5.32. The lowest BCUT2D eigenvalue weighted by Crippen LogP contribution is -2.49. The van der Waals surface area contributed by atoms with Gasteiger partial charge in [-0.05, 0) is 37.5 Å². The first-order chi connectivity index (χ1) is 13.8. The second-order valence-corrected chi connectivity index (χ2v) is 8.63. The standard InChI is InChI=1S/C21H33N3O4/c25-20(12-16-4-2-1-3-5-16)24-13-18(14-24)21-22-19(23-28-21)8-11-27-15-17-6-9-26-10-7-17/h16-18H,1-15H2. The number of amides is 1. The van der Waals surface area contributed by atoms with E-state index < -0.39 is 0 Å². The van der Waals surface area contributed by atoms with E-state index in [1.54, 1.807) is 0 Å². The summed E-state index contributed by atoms with van der Waals surface area (Å²) in [5.74, 6) is 3.07. The molecular formula is C21H33N3O4. The Kier molecular flexibility index (Phi) is 6.96. The van der Waals surface area contributed by atoms with Crippen LogP contribution in [0.15, 0.2) is 4.52 Å². The van der Waals surface area contributed by atoms with Crippen LogP contribution in [0, 0.1) is 11.8 Å². The van der Waals surface area contributed by atoms with Crippen molar-refractivity contribution in [1.82, 2.24) is 15.0 Å². The number of hydrogen-bond acceptors (Lipinski definition) is 6. The van der Waals surface area contributed by atoms with Crippen molar-refractivity contribution in [2.45, 2.75) is 63.7 Å². The van der Waals surface area contributed by atoms with Crippen molar-refractivity contribution in [3.63, 3.8) is 0 Å². The maximum Gasteiger partial charge on any atom is 0.233 e. The van der Waals surface area contributed by atoms with Crippen molar-refractivity contribution in [1.29, 1.82) is 0 Å². The predicted molar refractivity (Wildman–Crippen MR) is 103 cm³/mol. The molecular weight excluding hydrogens is 358 g/mol. The number of hydrogen-bond donors (Lipinski definition) is 0. The minimum absolute atomic E-state index is 0.194. The van der Waals surface area contributed by atoms with Crippen LogP contribution in [0.3, 0.4) is 0 Å². The van der Waals surface area contributed by atoms with Gasteiger partial charge < -0.3 is 18.9 Å². The fraction of sp³-hybridized carbons (Fsp3) is 0.857. The topological polar surface area (TPSA) is 77.7 Å². The third-order valence-corrected chi connectivity index (χ3v) is 6.42. The highest BCUT2D eigenvalue weighted by atomic mass is 16.5. The van der Waals surface area contributed by atoms with Crippen LogP contribution in [0.4, 0.5) is 0 Å². The molecule has 1 amide bonds. The maximum absolute atomic E-state index is 12.4. The van der Waals surface area contributed by atoms with Gasteiger partial charge >= 0.3 is 0 Å². The maximum atomic E-state index is 12.4. The normalized spacial score (nSPS) is 22.4. The van der Waals surface area contributed by atoms with E-state index in [2.05, 4.69) is 10.1 Å². The molecule has 4 rings (SSSR count). The van der Waals surface area contributed by atoms with E-state index in [4.69, 9.17) is 14.0 Å². The van der Waals surface area contributed by atoms with Crippen LogP contribution in [0.25, 0.3) is 0 Å². The van der Waals surface area contributed by atoms with Gasteiger partial charge in [0.05, 0.1) is 12.5 Å². The van der Waals surface area contributed by atoms with Crippen molar-refractivity contribution >= 4 is 5.91 Å². The van der Waals surface area contributed by atoms with Gasteiger partial charge in [0.25, 0.3) is 0 Å². The largest absolute Gasteiger partial charge is 0.381 e. The number of likely N-dealkylation sites (tertiary alicyclic amines) is 1.